The van der Waals surface area contributed by atoms with Gasteiger partial charge in [0.1, 0.15) is 10.9 Å². The molecule has 144 valence electrons. The summed E-state index contributed by atoms with van der Waals surface area (Å²) in [5, 5.41) is 0.758. The summed E-state index contributed by atoms with van der Waals surface area (Å²) in [7, 11) is -3.69. The number of nitrogens with two attached hydrogens (primary N) is 1. The number of carbonyl (C=O) groups is 1. The molecule has 1 fully saturated rings. The molecule has 3 rings (SSSR count). The van der Waals surface area contributed by atoms with Gasteiger partial charge in [0.2, 0.25) is 15.9 Å². The van der Waals surface area contributed by atoms with Crippen molar-refractivity contribution in [2.24, 2.45) is 5.73 Å². The van der Waals surface area contributed by atoms with Crippen molar-refractivity contribution in [1.82, 2.24) is 9.21 Å². The predicted octanol–water partition coefficient (Wildman–Crippen LogP) is 2.53. The number of sulfonamides is 1. The number of benzene rings is 2. The maximum absolute atomic E-state index is 12.8. The van der Waals surface area contributed by atoms with Gasteiger partial charge in [0.15, 0.2) is 0 Å². The molecule has 0 spiro atoms. The SMILES string of the molecule is NC(=O)[C@@H](c1ccc(Cl)cc1)N1CCN(S(=O)(=O)c2ccccc2Cl)CC1. The van der Waals surface area contributed by atoms with E-state index in [2.05, 4.69) is 0 Å². The van der Waals surface area contributed by atoms with Crippen molar-refractivity contribution >= 4 is 39.1 Å². The fourth-order valence-electron chi connectivity index (χ4n) is 3.20. The van der Waals surface area contributed by atoms with Gasteiger partial charge in [-0.25, -0.2) is 8.42 Å². The summed E-state index contributed by atoms with van der Waals surface area (Å²) in [5.41, 5.74) is 6.34. The molecule has 1 heterocycles. The zero-order valence-electron chi connectivity index (χ0n) is 14.4. The topological polar surface area (TPSA) is 83.7 Å². The van der Waals surface area contributed by atoms with Crippen molar-refractivity contribution in [3.63, 3.8) is 0 Å². The molecule has 6 nitrogen and oxygen atoms in total. The number of primary amides is 1. The summed E-state index contributed by atoms with van der Waals surface area (Å²) >= 11 is 12.0. The molecule has 1 atom stereocenters. The molecule has 2 aromatic carbocycles. The molecule has 0 aromatic heterocycles. The highest BCUT2D eigenvalue weighted by Gasteiger charge is 2.34. The van der Waals surface area contributed by atoms with Crippen molar-refractivity contribution in [1.29, 1.82) is 0 Å². The van der Waals surface area contributed by atoms with E-state index >= 15 is 0 Å². The number of nitrogens with zero attached hydrogens (tertiary/aromatic N) is 2. The van der Waals surface area contributed by atoms with E-state index in [1.807, 2.05) is 4.90 Å². The lowest BCUT2D eigenvalue weighted by Crippen LogP contribution is -2.51. The molecule has 2 aromatic rings. The molecular weight excluding hydrogens is 409 g/mol. The average molecular weight is 428 g/mol. The van der Waals surface area contributed by atoms with Gasteiger partial charge in [0, 0.05) is 31.2 Å². The van der Waals surface area contributed by atoms with E-state index in [0.717, 1.165) is 5.56 Å². The molecule has 1 amide bonds. The van der Waals surface area contributed by atoms with Gasteiger partial charge in [-0.15, -0.1) is 0 Å². The van der Waals surface area contributed by atoms with Crippen LogP contribution in [0.25, 0.3) is 0 Å². The minimum Gasteiger partial charge on any atom is -0.368 e. The second-order valence-electron chi connectivity index (χ2n) is 6.23. The first-order valence-electron chi connectivity index (χ1n) is 8.34. The molecule has 0 radical (unpaired) electrons. The van der Waals surface area contributed by atoms with Crippen LogP contribution in [-0.4, -0.2) is 49.7 Å². The Bertz CT molecular complexity index is 927. The molecule has 0 aliphatic carbocycles. The van der Waals surface area contributed by atoms with Gasteiger partial charge in [-0.3, -0.25) is 9.69 Å². The Labute approximate surface area is 168 Å². The lowest BCUT2D eigenvalue weighted by Gasteiger charge is -2.37. The standard InChI is InChI=1S/C18H19Cl2N3O3S/c19-14-7-5-13(6-8-14)17(18(21)24)22-9-11-23(12-10-22)27(25,26)16-4-2-1-3-15(16)20/h1-8,17H,9-12H2,(H2,21,24)/t17-/m1/s1. The smallest absolute Gasteiger partial charge is 0.244 e. The van der Waals surface area contributed by atoms with E-state index < -0.39 is 22.0 Å². The first-order chi connectivity index (χ1) is 12.8. The summed E-state index contributed by atoms with van der Waals surface area (Å²) in [5.74, 6) is -0.486. The molecule has 1 aliphatic heterocycles. The second-order valence-corrected chi connectivity index (χ2v) is 8.98. The van der Waals surface area contributed by atoms with Crippen molar-refractivity contribution in [2.75, 3.05) is 26.2 Å². The Morgan fingerprint density at radius 2 is 1.56 bits per heavy atom. The molecule has 9 heteroatoms. The fourth-order valence-corrected chi connectivity index (χ4v) is 5.24. The van der Waals surface area contributed by atoms with Gasteiger partial charge in [0.25, 0.3) is 0 Å². The number of carbonyl (C=O) groups excluding carboxylic acids is 1. The molecule has 1 saturated heterocycles. The van der Waals surface area contributed by atoms with Crippen molar-refractivity contribution in [3.05, 3.63) is 64.1 Å². The van der Waals surface area contributed by atoms with Gasteiger partial charge in [-0.1, -0.05) is 47.5 Å². The highest BCUT2D eigenvalue weighted by molar-refractivity contribution is 7.89. The Balaban J connectivity index is 1.76. The maximum Gasteiger partial charge on any atom is 0.244 e. The van der Waals surface area contributed by atoms with E-state index in [9.17, 15) is 13.2 Å². The zero-order chi connectivity index (χ0) is 19.6. The Hall–Kier alpha value is -1.64. The highest BCUT2D eigenvalue weighted by atomic mass is 35.5. The van der Waals surface area contributed by atoms with Crippen molar-refractivity contribution < 1.29 is 13.2 Å². The van der Waals surface area contributed by atoms with Crippen LogP contribution in [0.15, 0.2) is 53.4 Å². The highest BCUT2D eigenvalue weighted by Crippen LogP contribution is 2.28. The molecular formula is C18H19Cl2N3O3S. The number of halogens is 2. The second kappa shape index (κ2) is 8.16. The van der Waals surface area contributed by atoms with Gasteiger partial charge in [-0.05, 0) is 29.8 Å². The van der Waals surface area contributed by atoms with E-state index in [0.29, 0.717) is 18.1 Å². The number of amides is 1. The molecule has 0 unspecified atom stereocenters. The quantitative estimate of drug-likeness (QED) is 0.794. The molecule has 0 saturated carbocycles. The average Bonchev–Trinajstić information content (AvgIpc) is 2.64. The van der Waals surface area contributed by atoms with E-state index in [1.54, 1.807) is 42.5 Å². The number of hydrogen-bond donors (Lipinski definition) is 1. The van der Waals surface area contributed by atoms with Crippen LogP contribution in [0.5, 0.6) is 0 Å². The van der Waals surface area contributed by atoms with Crippen LogP contribution in [0.4, 0.5) is 0 Å². The molecule has 27 heavy (non-hydrogen) atoms. The van der Waals surface area contributed by atoms with Crippen LogP contribution in [0.2, 0.25) is 10.0 Å². The number of hydrogen-bond acceptors (Lipinski definition) is 4. The van der Waals surface area contributed by atoms with E-state index in [1.165, 1.54) is 10.4 Å². The minimum atomic E-state index is -3.69. The van der Waals surface area contributed by atoms with E-state index in [4.69, 9.17) is 28.9 Å². The summed E-state index contributed by atoms with van der Waals surface area (Å²) < 4.78 is 27.1. The Morgan fingerprint density at radius 1 is 0.963 bits per heavy atom. The Morgan fingerprint density at radius 3 is 2.11 bits per heavy atom. The predicted molar refractivity (Wildman–Crippen MR) is 105 cm³/mol. The van der Waals surface area contributed by atoms with Crippen molar-refractivity contribution in [2.45, 2.75) is 10.9 Å². The van der Waals surface area contributed by atoms with Crippen LogP contribution >= 0.6 is 23.2 Å². The van der Waals surface area contributed by atoms with Gasteiger partial charge in [0.05, 0.1) is 5.02 Å². The van der Waals surface area contributed by atoms with Gasteiger partial charge < -0.3 is 5.73 Å². The zero-order valence-corrected chi connectivity index (χ0v) is 16.7. The Kier molecular flexibility index (Phi) is 6.08. The summed E-state index contributed by atoms with van der Waals surface area (Å²) in [6, 6.07) is 12.6. The lowest BCUT2D eigenvalue weighted by molar-refractivity contribution is -0.124. The summed E-state index contributed by atoms with van der Waals surface area (Å²) in [6.07, 6.45) is 0. The first-order valence-corrected chi connectivity index (χ1v) is 10.5. The third-order valence-electron chi connectivity index (χ3n) is 4.55. The normalized spacial score (nSPS) is 17.6. The van der Waals surface area contributed by atoms with Gasteiger partial charge in [-0.2, -0.15) is 4.31 Å². The monoisotopic (exact) mass is 427 g/mol. The molecule has 0 bridgehead atoms. The van der Waals surface area contributed by atoms with Crippen LogP contribution in [0.1, 0.15) is 11.6 Å². The van der Waals surface area contributed by atoms with E-state index in [-0.39, 0.29) is 23.0 Å². The molecule has 1 aliphatic rings. The third kappa shape index (κ3) is 4.28. The van der Waals surface area contributed by atoms with Crippen LogP contribution < -0.4 is 5.73 Å². The van der Waals surface area contributed by atoms with Crippen LogP contribution in [0.3, 0.4) is 0 Å². The lowest BCUT2D eigenvalue weighted by atomic mass is 10.0. The van der Waals surface area contributed by atoms with Gasteiger partial charge >= 0.3 is 0 Å². The minimum absolute atomic E-state index is 0.0873. The summed E-state index contributed by atoms with van der Waals surface area (Å²) in [4.78, 5) is 14.0. The number of rotatable bonds is 5. The number of piperazine rings is 1. The van der Waals surface area contributed by atoms with Crippen LogP contribution in [-0.2, 0) is 14.8 Å². The first kappa shape index (κ1) is 20.1. The van der Waals surface area contributed by atoms with Crippen LogP contribution in [0, 0.1) is 0 Å². The third-order valence-corrected chi connectivity index (χ3v) is 7.20. The largest absolute Gasteiger partial charge is 0.368 e. The molecule has 2 N–H and O–H groups in total. The maximum atomic E-state index is 12.8. The summed E-state index contributed by atoms with van der Waals surface area (Å²) in [6.45, 7) is 1.23. The fraction of sp³-hybridized carbons (Fsp3) is 0.278. The van der Waals surface area contributed by atoms with Crippen molar-refractivity contribution in [3.8, 4) is 0 Å².